The Hall–Kier alpha value is -2.76. The minimum absolute atomic E-state index is 0.0475. The van der Waals surface area contributed by atoms with E-state index < -0.39 is 11.9 Å². The molecule has 1 aromatic heterocycles. The lowest BCUT2D eigenvalue weighted by Crippen LogP contribution is -2.27. The summed E-state index contributed by atoms with van der Waals surface area (Å²) in [7, 11) is 1.59. The van der Waals surface area contributed by atoms with Crippen molar-refractivity contribution < 1.29 is 14.0 Å². The molecular weight excluding hydrogens is 273 g/mol. The van der Waals surface area contributed by atoms with Crippen LogP contribution in [0.1, 0.15) is 26.4 Å². The van der Waals surface area contributed by atoms with Crippen LogP contribution in [0.3, 0.4) is 0 Å². The molecule has 0 saturated carbocycles. The highest BCUT2D eigenvalue weighted by Crippen LogP contribution is 2.09. The summed E-state index contributed by atoms with van der Waals surface area (Å²) in [6.07, 6.45) is 0. The van der Waals surface area contributed by atoms with Crippen molar-refractivity contribution in [1.29, 1.82) is 0 Å². The summed E-state index contributed by atoms with van der Waals surface area (Å²) < 4.78 is 13.0. The van der Waals surface area contributed by atoms with Gasteiger partial charge >= 0.3 is 0 Å². The molecule has 108 valence electrons. The first-order valence-corrected chi connectivity index (χ1v) is 6.24. The van der Waals surface area contributed by atoms with Gasteiger partial charge in [0.25, 0.3) is 5.91 Å². The van der Waals surface area contributed by atoms with Crippen molar-refractivity contribution in [1.82, 2.24) is 9.88 Å². The highest BCUT2D eigenvalue weighted by molar-refractivity contribution is 5.93. The first-order chi connectivity index (χ1) is 9.97. The van der Waals surface area contributed by atoms with E-state index >= 15 is 0 Å². The summed E-state index contributed by atoms with van der Waals surface area (Å²) in [6, 6.07) is 10.7. The van der Waals surface area contributed by atoms with E-state index in [0.29, 0.717) is 12.1 Å². The van der Waals surface area contributed by atoms with Gasteiger partial charge in [-0.3, -0.25) is 9.59 Å². The molecule has 0 unspecified atom stereocenters. The fourth-order valence-corrected chi connectivity index (χ4v) is 1.84. The summed E-state index contributed by atoms with van der Waals surface area (Å²) >= 11 is 0. The summed E-state index contributed by atoms with van der Waals surface area (Å²) in [5.74, 6) is -1.58. The molecule has 0 aliphatic rings. The summed E-state index contributed by atoms with van der Waals surface area (Å²) in [5, 5.41) is 0. The van der Waals surface area contributed by atoms with Crippen LogP contribution in [0.4, 0.5) is 4.39 Å². The van der Waals surface area contributed by atoms with Crippen molar-refractivity contribution in [3.63, 3.8) is 0 Å². The molecule has 2 aromatic rings. The van der Waals surface area contributed by atoms with Crippen molar-refractivity contribution in [2.24, 2.45) is 5.73 Å². The molecule has 0 atom stereocenters. The molecule has 1 aromatic carbocycles. The van der Waals surface area contributed by atoms with Crippen molar-refractivity contribution in [3.8, 4) is 0 Å². The molecule has 0 aliphatic carbocycles. The maximum absolute atomic E-state index is 13.0. The van der Waals surface area contributed by atoms with Gasteiger partial charge < -0.3 is 10.6 Å². The van der Waals surface area contributed by atoms with Gasteiger partial charge in [0.2, 0.25) is 11.9 Å². The molecule has 5 nitrogen and oxygen atoms in total. The van der Waals surface area contributed by atoms with Crippen molar-refractivity contribution in [2.45, 2.75) is 6.54 Å². The van der Waals surface area contributed by atoms with Gasteiger partial charge in [-0.15, -0.1) is 0 Å². The predicted molar refractivity (Wildman–Crippen MR) is 75.0 cm³/mol. The lowest BCUT2D eigenvalue weighted by atomic mass is 10.1. The SMILES string of the molecule is CN(Cc1ccc(C(N)=O)cc1)C(=O)c1cccc(F)n1. The number of aromatic nitrogens is 1. The number of nitrogens with zero attached hydrogens (tertiary/aromatic N) is 2. The van der Waals surface area contributed by atoms with E-state index in [9.17, 15) is 14.0 Å². The van der Waals surface area contributed by atoms with Gasteiger partial charge in [-0.05, 0) is 29.8 Å². The van der Waals surface area contributed by atoms with Crippen LogP contribution in [0.25, 0.3) is 0 Å². The number of halogens is 1. The number of pyridine rings is 1. The molecule has 0 radical (unpaired) electrons. The Morgan fingerprint density at radius 1 is 1.19 bits per heavy atom. The molecule has 0 saturated heterocycles. The number of benzene rings is 1. The summed E-state index contributed by atoms with van der Waals surface area (Å²) in [4.78, 5) is 28.0. The first kappa shape index (κ1) is 14.6. The molecule has 2 N–H and O–H groups in total. The monoisotopic (exact) mass is 287 g/mol. The number of primary amides is 1. The largest absolute Gasteiger partial charge is 0.366 e. The molecule has 0 fully saturated rings. The fourth-order valence-electron chi connectivity index (χ4n) is 1.84. The maximum Gasteiger partial charge on any atom is 0.272 e. The highest BCUT2D eigenvalue weighted by atomic mass is 19.1. The molecular formula is C15H14FN3O2. The Labute approximate surface area is 121 Å². The number of hydrogen-bond acceptors (Lipinski definition) is 3. The van der Waals surface area contributed by atoms with Gasteiger partial charge in [0.1, 0.15) is 5.69 Å². The second-order valence-electron chi connectivity index (χ2n) is 4.57. The second kappa shape index (κ2) is 6.13. The quantitative estimate of drug-likeness (QED) is 0.868. The van der Waals surface area contributed by atoms with Gasteiger partial charge in [-0.25, -0.2) is 4.98 Å². The van der Waals surface area contributed by atoms with Gasteiger partial charge in [-0.1, -0.05) is 18.2 Å². The minimum atomic E-state index is -0.694. The predicted octanol–water partition coefficient (Wildman–Crippen LogP) is 1.59. The van der Waals surface area contributed by atoms with Crippen LogP contribution in [0.15, 0.2) is 42.5 Å². The standard InChI is InChI=1S/C15H14FN3O2/c1-19(15(21)12-3-2-4-13(16)18-12)9-10-5-7-11(8-6-10)14(17)20/h2-8H,9H2,1H3,(H2,17,20). The van der Waals surface area contributed by atoms with Gasteiger partial charge in [0.15, 0.2) is 0 Å². The Kier molecular flexibility index (Phi) is 4.27. The maximum atomic E-state index is 13.0. The van der Waals surface area contributed by atoms with Gasteiger partial charge in [0, 0.05) is 19.2 Å². The number of amides is 2. The molecule has 6 heteroatoms. The van der Waals surface area contributed by atoms with Gasteiger partial charge in [-0.2, -0.15) is 4.39 Å². The third kappa shape index (κ3) is 3.62. The third-order valence-electron chi connectivity index (χ3n) is 2.94. The molecule has 21 heavy (non-hydrogen) atoms. The van der Waals surface area contributed by atoms with Crippen LogP contribution in [-0.4, -0.2) is 28.7 Å². The molecule has 0 spiro atoms. The molecule has 0 aliphatic heterocycles. The first-order valence-electron chi connectivity index (χ1n) is 6.24. The van der Waals surface area contributed by atoms with E-state index in [1.165, 1.54) is 23.1 Å². The normalized spacial score (nSPS) is 10.2. The van der Waals surface area contributed by atoms with Crippen LogP contribution < -0.4 is 5.73 Å². The summed E-state index contributed by atoms with van der Waals surface area (Å²) in [6.45, 7) is 0.316. The number of nitrogens with two attached hydrogens (primary N) is 1. The minimum Gasteiger partial charge on any atom is -0.366 e. The Bertz CT molecular complexity index is 671. The lowest BCUT2D eigenvalue weighted by Gasteiger charge is -2.16. The topological polar surface area (TPSA) is 76.3 Å². The van der Waals surface area contributed by atoms with E-state index in [0.717, 1.165) is 5.56 Å². The average Bonchev–Trinajstić information content (AvgIpc) is 2.47. The average molecular weight is 287 g/mol. The highest BCUT2D eigenvalue weighted by Gasteiger charge is 2.14. The molecule has 2 amide bonds. The smallest absolute Gasteiger partial charge is 0.272 e. The van der Waals surface area contributed by atoms with E-state index in [2.05, 4.69) is 4.98 Å². The Morgan fingerprint density at radius 3 is 2.43 bits per heavy atom. The van der Waals surface area contributed by atoms with Crippen LogP contribution in [0.2, 0.25) is 0 Å². The lowest BCUT2D eigenvalue weighted by molar-refractivity contribution is 0.0777. The van der Waals surface area contributed by atoms with Crippen molar-refractivity contribution >= 4 is 11.8 Å². The molecule has 0 bridgehead atoms. The van der Waals surface area contributed by atoms with Crippen LogP contribution in [-0.2, 0) is 6.54 Å². The molecule has 2 rings (SSSR count). The van der Waals surface area contributed by atoms with E-state index in [-0.39, 0.29) is 11.6 Å². The zero-order chi connectivity index (χ0) is 15.4. The molecule has 1 heterocycles. The van der Waals surface area contributed by atoms with E-state index in [4.69, 9.17) is 5.73 Å². The number of hydrogen-bond donors (Lipinski definition) is 1. The van der Waals surface area contributed by atoms with Crippen LogP contribution in [0, 0.1) is 5.95 Å². The van der Waals surface area contributed by atoms with Crippen LogP contribution >= 0.6 is 0 Å². The third-order valence-corrected chi connectivity index (χ3v) is 2.94. The number of rotatable bonds is 4. The zero-order valence-electron chi connectivity index (χ0n) is 11.4. The van der Waals surface area contributed by atoms with Crippen molar-refractivity contribution in [3.05, 3.63) is 65.2 Å². The van der Waals surface area contributed by atoms with Gasteiger partial charge in [0.05, 0.1) is 0 Å². The number of carbonyl (C=O) groups excluding carboxylic acids is 2. The van der Waals surface area contributed by atoms with E-state index in [1.54, 1.807) is 31.3 Å². The summed E-state index contributed by atoms with van der Waals surface area (Å²) in [5.41, 5.74) is 6.43. The van der Waals surface area contributed by atoms with Crippen LogP contribution in [0.5, 0.6) is 0 Å². The Morgan fingerprint density at radius 2 is 1.86 bits per heavy atom. The second-order valence-corrected chi connectivity index (χ2v) is 4.57. The Balaban J connectivity index is 2.08. The zero-order valence-corrected chi connectivity index (χ0v) is 11.4. The fraction of sp³-hybridized carbons (Fsp3) is 0.133. The van der Waals surface area contributed by atoms with Crippen molar-refractivity contribution in [2.75, 3.05) is 7.05 Å². The van der Waals surface area contributed by atoms with E-state index in [1.807, 2.05) is 0 Å². The number of carbonyl (C=O) groups is 2.